The Morgan fingerprint density at radius 1 is 0.909 bits per heavy atom. The zero-order valence-corrected chi connectivity index (χ0v) is 15.3. The van der Waals surface area contributed by atoms with Gasteiger partial charge in [-0.05, 0) is 24.6 Å². The average Bonchev–Trinajstić information content (AvgIpc) is 2.45. The molecule has 1 N–H and O–H groups in total. The second kappa shape index (κ2) is 6.36. The van der Waals surface area contributed by atoms with Crippen LogP contribution in [0.3, 0.4) is 0 Å². The lowest BCUT2D eigenvalue weighted by molar-refractivity contribution is 0.577. The van der Waals surface area contributed by atoms with E-state index in [0.29, 0.717) is 4.90 Å². The molecule has 0 aliphatic heterocycles. The summed E-state index contributed by atoms with van der Waals surface area (Å²) in [6, 6.07) is 16.8. The number of nitrogens with one attached hydrogen (secondary N) is 1. The molecule has 3 nitrogen and oxygen atoms in total. The maximum atomic E-state index is 12.7. The topological polar surface area (TPSA) is 46.2 Å². The Morgan fingerprint density at radius 2 is 1.45 bits per heavy atom. The van der Waals surface area contributed by atoms with Crippen LogP contribution >= 0.6 is 0 Å². The van der Waals surface area contributed by atoms with Gasteiger partial charge >= 0.3 is 0 Å². The molecular formula is C17H23NO2SSi. The molecule has 0 amide bonds. The van der Waals surface area contributed by atoms with Crippen LogP contribution in [-0.4, -0.2) is 16.5 Å². The zero-order valence-electron chi connectivity index (χ0n) is 13.5. The first-order valence-corrected chi connectivity index (χ1v) is 12.4. The fourth-order valence-electron chi connectivity index (χ4n) is 2.33. The molecule has 0 bridgehead atoms. The number of hydrogen-bond acceptors (Lipinski definition) is 2. The van der Waals surface area contributed by atoms with Crippen molar-refractivity contribution in [2.75, 3.05) is 0 Å². The number of rotatable bonds is 5. The highest BCUT2D eigenvalue weighted by atomic mass is 32.2. The van der Waals surface area contributed by atoms with Crippen LogP contribution in [0.15, 0.2) is 59.5 Å². The van der Waals surface area contributed by atoms with Crippen molar-refractivity contribution in [3.63, 3.8) is 0 Å². The van der Waals surface area contributed by atoms with Crippen LogP contribution in [0.4, 0.5) is 0 Å². The minimum atomic E-state index is -3.52. The maximum absolute atomic E-state index is 12.7. The molecule has 1 atom stereocenters. The van der Waals surface area contributed by atoms with E-state index in [4.69, 9.17) is 0 Å². The molecule has 0 saturated heterocycles. The third-order valence-corrected chi connectivity index (χ3v) is 7.46. The number of benzene rings is 2. The highest BCUT2D eigenvalue weighted by Gasteiger charge is 2.32. The van der Waals surface area contributed by atoms with E-state index >= 15 is 0 Å². The minimum Gasteiger partial charge on any atom is -0.207 e. The lowest BCUT2D eigenvalue weighted by Crippen LogP contribution is -2.43. The van der Waals surface area contributed by atoms with Crippen LogP contribution in [0.1, 0.15) is 16.8 Å². The Balaban J connectivity index is 2.37. The van der Waals surface area contributed by atoms with Gasteiger partial charge < -0.3 is 0 Å². The lowest BCUT2D eigenvalue weighted by atomic mass is 10.2. The fraction of sp³-hybridized carbons (Fsp3) is 0.294. The average molecular weight is 334 g/mol. The van der Waals surface area contributed by atoms with Gasteiger partial charge in [0.2, 0.25) is 10.0 Å². The smallest absolute Gasteiger partial charge is 0.207 e. The molecule has 0 fully saturated rings. The van der Waals surface area contributed by atoms with Gasteiger partial charge in [-0.1, -0.05) is 67.7 Å². The Hall–Kier alpha value is -1.43. The first kappa shape index (κ1) is 16.9. The lowest BCUT2D eigenvalue weighted by Gasteiger charge is -2.30. The molecule has 2 aromatic carbocycles. The van der Waals surface area contributed by atoms with E-state index in [2.05, 4.69) is 24.4 Å². The highest BCUT2D eigenvalue weighted by Crippen LogP contribution is 2.26. The molecule has 0 spiro atoms. The van der Waals surface area contributed by atoms with Crippen LogP contribution in [0.2, 0.25) is 19.6 Å². The van der Waals surface area contributed by atoms with Crippen LogP contribution in [0.5, 0.6) is 0 Å². The highest BCUT2D eigenvalue weighted by molar-refractivity contribution is 7.89. The van der Waals surface area contributed by atoms with E-state index in [1.54, 1.807) is 12.1 Å². The molecule has 118 valence electrons. The molecule has 0 unspecified atom stereocenters. The van der Waals surface area contributed by atoms with Gasteiger partial charge in [-0.25, -0.2) is 13.1 Å². The van der Waals surface area contributed by atoms with E-state index < -0.39 is 18.1 Å². The quantitative estimate of drug-likeness (QED) is 0.844. The minimum absolute atomic E-state index is 0.153. The Bertz CT molecular complexity index is 720. The molecule has 0 saturated carbocycles. The van der Waals surface area contributed by atoms with Crippen molar-refractivity contribution in [1.82, 2.24) is 4.72 Å². The Morgan fingerprint density at radius 3 is 1.95 bits per heavy atom. The largest absolute Gasteiger partial charge is 0.240 e. The van der Waals surface area contributed by atoms with E-state index in [-0.39, 0.29) is 5.67 Å². The Kier molecular flexibility index (Phi) is 4.89. The van der Waals surface area contributed by atoms with Gasteiger partial charge in [-0.3, -0.25) is 0 Å². The standard InChI is InChI=1S/C17H23NO2SSi/c1-14-10-12-16(13-11-14)21(19,20)18-17(22(2,3)4)15-8-6-5-7-9-15/h5-13,17-18H,1-4H3/t17-/m0/s1. The van der Waals surface area contributed by atoms with Gasteiger partial charge in [0, 0.05) is 5.67 Å². The van der Waals surface area contributed by atoms with Crippen LogP contribution in [-0.2, 0) is 10.0 Å². The predicted octanol–water partition coefficient (Wildman–Crippen LogP) is 3.89. The van der Waals surface area contributed by atoms with Crippen molar-refractivity contribution < 1.29 is 8.42 Å². The first-order valence-electron chi connectivity index (χ1n) is 7.34. The predicted molar refractivity (Wildman–Crippen MR) is 94.0 cm³/mol. The van der Waals surface area contributed by atoms with Crippen molar-refractivity contribution in [2.45, 2.75) is 37.1 Å². The summed E-state index contributed by atoms with van der Waals surface area (Å²) in [6.07, 6.45) is 0. The third kappa shape index (κ3) is 4.06. The molecule has 22 heavy (non-hydrogen) atoms. The zero-order chi connectivity index (χ0) is 16.4. The molecular weight excluding hydrogens is 310 g/mol. The van der Waals surface area contributed by atoms with Crippen molar-refractivity contribution in [3.05, 3.63) is 65.7 Å². The van der Waals surface area contributed by atoms with Crippen molar-refractivity contribution in [3.8, 4) is 0 Å². The summed E-state index contributed by atoms with van der Waals surface area (Å²) in [5.74, 6) is 0. The van der Waals surface area contributed by atoms with Crippen molar-refractivity contribution >= 4 is 18.1 Å². The SMILES string of the molecule is Cc1ccc(S(=O)(=O)N[C@H](c2ccccc2)[Si](C)(C)C)cc1. The number of hydrogen-bond donors (Lipinski definition) is 1. The van der Waals surface area contributed by atoms with Crippen molar-refractivity contribution in [1.29, 1.82) is 0 Å². The molecule has 2 aromatic rings. The van der Waals surface area contributed by atoms with Gasteiger partial charge in [0.15, 0.2) is 0 Å². The van der Waals surface area contributed by atoms with Crippen molar-refractivity contribution in [2.24, 2.45) is 0 Å². The Labute approximate surface area is 134 Å². The van der Waals surface area contributed by atoms with Crippen LogP contribution < -0.4 is 4.72 Å². The second-order valence-corrected chi connectivity index (χ2v) is 13.7. The van der Waals surface area contributed by atoms with Gasteiger partial charge in [-0.15, -0.1) is 0 Å². The maximum Gasteiger partial charge on any atom is 0.240 e. The number of sulfonamides is 1. The van der Waals surface area contributed by atoms with Crippen LogP contribution in [0, 0.1) is 6.92 Å². The summed E-state index contributed by atoms with van der Waals surface area (Å²) >= 11 is 0. The van der Waals surface area contributed by atoms with E-state index in [9.17, 15) is 8.42 Å². The van der Waals surface area contributed by atoms with Crippen LogP contribution in [0.25, 0.3) is 0 Å². The summed E-state index contributed by atoms with van der Waals surface area (Å²) < 4.78 is 28.3. The molecule has 0 aromatic heterocycles. The molecule has 0 aliphatic carbocycles. The summed E-state index contributed by atoms with van der Waals surface area (Å²) in [6.45, 7) is 8.45. The molecule has 0 aliphatic rings. The van der Waals surface area contributed by atoms with Gasteiger partial charge in [0.1, 0.15) is 0 Å². The third-order valence-electron chi connectivity index (χ3n) is 3.60. The van der Waals surface area contributed by atoms with E-state index in [1.807, 2.05) is 49.4 Å². The molecule has 0 heterocycles. The van der Waals surface area contributed by atoms with E-state index in [0.717, 1.165) is 11.1 Å². The van der Waals surface area contributed by atoms with E-state index in [1.165, 1.54) is 0 Å². The molecule has 0 radical (unpaired) electrons. The monoisotopic (exact) mass is 333 g/mol. The second-order valence-electron chi connectivity index (χ2n) is 6.64. The summed E-state index contributed by atoms with van der Waals surface area (Å²) in [4.78, 5) is 0.317. The molecule has 2 rings (SSSR count). The van der Waals surface area contributed by atoms with Gasteiger partial charge in [0.05, 0.1) is 13.0 Å². The van der Waals surface area contributed by atoms with Gasteiger partial charge in [0.25, 0.3) is 0 Å². The fourth-order valence-corrected chi connectivity index (χ4v) is 6.48. The van der Waals surface area contributed by atoms with Gasteiger partial charge in [-0.2, -0.15) is 0 Å². The normalized spacial score (nSPS) is 13.8. The summed E-state index contributed by atoms with van der Waals surface area (Å²) in [5.41, 5.74) is 1.92. The molecule has 5 heteroatoms. The first-order chi connectivity index (χ1) is 10.2. The summed E-state index contributed by atoms with van der Waals surface area (Å²) in [7, 11) is -5.29. The number of aryl methyl sites for hydroxylation is 1. The summed E-state index contributed by atoms with van der Waals surface area (Å²) in [5, 5.41) is 0.